The molecule has 2 aliphatic rings. The van der Waals surface area contributed by atoms with E-state index in [4.69, 9.17) is 9.47 Å². The quantitative estimate of drug-likeness (QED) is 0.0764. The fourth-order valence-electron chi connectivity index (χ4n) is 8.26. The third kappa shape index (κ3) is 12.3. The highest BCUT2D eigenvalue weighted by atomic mass is 19.4. The minimum atomic E-state index is -4.47. The van der Waals surface area contributed by atoms with E-state index in [-0.39, 0.29) is 61.7 Å². The Labute approximate surface area is 381 Å². The van der Waals surface area contributed by atoms with Crippen LogP contribution in [0.2, 0.25) is 0 Å². The maximum Gasteiger partial charge on any atom is 0.406 e. The Morgan fingerprint density at radius 3 is 2.47 bits per heavy atom. The molecule has 348 valence electrons. The molecule has 14 nitrogen and oxygen atoms in total. The van der Waals surface area contributed by atoms with Crippen LogP contribution < -0.4 is 41.0 Å². The molecule has 3 heterocycles. The van der Waals surface area contributed by atoms with Crippen molar-refractivity contribution >= 4 is 45.7 Å². The highest BCUT2D eigenvalue weighted by Crippen LogP contribution is 2.32. The van der Waals surface area contributed by atoms with Crippen LogP contribution in [0.1, 0.15) is 45.6 Å². The molecule has 66 heavy (non-hydrogen) atoms. The number of piperidine rings is 1. The molecule has 4 aromatic carbocycles. The number of amides is 3. The van der Waals surface area contributed by atoms with Crippen molar-refractivity contribution < 1.29 is 42.1 Å². The second-order valence-electron chi connectivity index (χ2n) is 16.5. The first kappa shape index (κ1) is 47.1. The van der Waals surface area contributed by atoms with Crippen LogP contribution in [0.15, 0.2) is 84.9 Å². The van der Waals surface area contributed by atoms with Crippen molar-refractivity contribution in [3.05, 3.63) is 113 Å². The number of nitrogens with zero attached hydrogens (tertiary/aromatic N) is 3. The number of carbonyl (C=O) groups excluding carboxylic acids is 3. The number of likely N-dealkylation sites (tertiary alicyclic amines) is 1. The lowest BCUT2D eigenvalue weighted by Gasteiger charge is -2.32. The Morgan fingerprint density at radius 2 is 1.74 bits per heavy atom. The average Bonchev–Trinajstić information content (AvgIpc) is 3.65. The molecule has 2 aliphatic heterocycles. The standard InChI is InChI=1S/C49H55F3N8O6/c1-53-48(64)35-14-16-42(45(23-35)65-3)54-19-5-6-38-24-40-41(7-4-8-43(40)60(38)31-49(50,51)52)56-36-17-20-59(21-18-36)28-46(62)55-26-32-9-11-33(12-10-32)30-66-39-15-13-34-22-37(29-61)57-47(63)27-58(2)44(34)25-39/h4,7-16,23-25,36-37,54,56,61H,17-22,26-31H2,1-3H3,(H,53,64)(H,55,62)(H,57,63). The topological polar surface area (TPSA) is 161 Å². The molecule has 0 bridgehead atoms. The second-order valence-corrected chi connectivity index (χ2v) is 16.5. The summed E-state index contributed by atoms with van der Waals surface area (Å²) in [5, 5.41) is 25.4. The minimum Gasteiger partial charge on any atom is -0.495 e. The smallest absolute Gasteiger partial charge is 0.406 e. The summed E-state index contributed by atoms with van der Waals surface area (Å²) in [5.41, 5.74) is 6.17. The van der Waals surface area contributed by atoms with E-state index in [1.165, 1.54) is 18.7 Å². The summed E-state index contributed by atoms with van der Waals surface area (Å²) in [6, 6.07) is 25.2. The number of hydrogen-bond donors (Lipinski definition) is 6. The van der Waals surface area contributed by atoms with Gasteiger partial charge in [-0.25, -0.2) is 0 Å². The summed E-state index contributed by atoms with van der Waals surface area (Å²) in [6.45, 7) is 1.27. The molecule has 1 atom stereocenters. The molecule has 1 saturated heterocycles. The Kier molecular flexibility index (Phi) is 15.3. The number of alkyl halides is 3. The largest absolute Gasteiger partial charge is 0.495 e. The number of fused-ring (bicyclic) bond motifs is 2. The molecule has 1 fully saturated rings. The van der Waals surface area contributed by atoms with Gasteiger partial charge in [0.05, 0.1) is 56.3 Å². The molecular weight excluding hydrogens is 854 g/mol. The third-order valence-electron chi connectivity index (χ3n) is 11.7. The van der Waals surface area contributed by atoms with Gasteiger partial charge in [-0.2, -0.15) is 13.2 Å². The lowest BCUT2D eigenvalue weighted by atomic mass is 10.0. The SMILES string of the molecule is CNC(=O)c1ccc(NCC#Cc2cc3c(NC4CCN(CC(=O)NCc5ccc(COc6ccc7c(c6)N(C)CC(=O)NC(CO)C7)cc5)CC4)cccc3n2CC(F)(F)F)c(OC)c1. The highest BCUT2D eigenvalue weighted by Gasteiger charge is 2.30. The molecule has 17 heteroatoms. The lowest BCUT2D eigenvalue weighted by Crippen LogP contribution is -2.46. The van der Waals surface area contributed by atoms with Crippen LogP contribution in [0.4, 0.5) is 30.2 Å². The first-order valence-corrected chi connectivity index (χ1v) is 21.8. The van der Waals surface area contributed by atoms with Gasteiger partial charge in [0.15, 0.2) is 0 Å². The number of anilines is 3. The normalized spacial score (nSPS) is 15.7. The third-order valence-corrected chi connectivity index (χ3v) is 11.7. The Bertz CT molecular complexity index is 2580. The average molecular weight is 909 g/mol. The van der Waals surface area contributed by atoms with Gasteiger partial charge in [0, 0.05) is 68.2 Å². The van der Waals surface area contributed by atoms with Gasteiger partial charge in [0.2, 0.25) is 11.8 Å². The molecule has 5 aromatic rings. The number of aliphatic hydroxyl groups is 1. The number of hydrogen-bond acceptors (Lipinski definition) is 10. The fraction of sp³-hybridized carbons (Fsp3) is 0.367. The molecule has 0 saturated carbocycles. The van der Waals surface area contributed by atoms with Crippen LogP contribution in [0, 0.1) is 11.8 Å². The number of rotatable bonds is 15. The van der Waals surface area contributed by atoms with Gasteiger partial charge >= 0.3 is 6.18 Å². The zero-order chi connectivity index (χ0) is 46.8. The Morgan fingerprint density at radius 1 is 0.970 bits per heavy atom. The van der Waals surface area contributed by atoms with E-state index >= 15 is 0 Å². The molecule has 0 radical (unpaired) electrons. The molecule has 1 unspecified atom stereocenters. The number of ether oxygens (including phenoxy) is 2. The summed E-state index contributed by atoms with van der Waals surface area (Å²) >= 11 is 0. The molecule has 0 spiro atoms. The summed E-state index contributed by atoms with van der Waals surface area (Å²) in [5.74, 6) is 6.47. The predicted molar refractivity (Wildman–Crippen MR) is 248 cm³/mol. The van der Waals surface area contributed by atoms with Crippen molar-refractivity contribution in [2.45, 2.75) is 57.2 Å². The Hall–Kier alpha value is -6.90. The molecule has 3 amide bonds. The van der Waals surface area contributed by atoms with Crippen LogP contribution >= 0.6 is 0 Å². The summed E-state index contributed by atoms with van der Waals surface area (Å²) in [4.78, 5) is 41.2. The fourth-order valence-corrected chi connectivity index (χ4v) is 8.26. The zero-order valence-corrected chi connectivity index (χ0v) is 37.2. The van der Waals surface area contributed by atoms with Gasteiger partial charge in [0.25, 0.3) is 5.91 Å². The lowest BCUT2D eigenvalue weighted by molar-refractivity contribution is -0.140. The molecule has 6 N–H and O–H groups in total. The van der Waals surface area contributed by atoms with Gasteiger partial charge in [-0.05, 0) is 84.3 Å². The number of carbonyl (C=O) groups is 3. The van der Waals surface area contributed by atoms with Gasteiger partial charge in [-0.15, -0.1) is 0 Å². The van der Waals surface area contributed by atoms with Crippen LogP contribution in [0.5, 0.6) is 11.5 Å². The maximum atomic E-state index is 13.9. The van der Waals surface area contributed by atoms with Gasteiger partial charge in [-0.3, -0.25) is 19.3 Å². The van der Waals surface area contributed by atoms with E-state index in [9.17, 15) is 32.7 Å². The van der Waals surface area contributed by atoms with Crippen molar-refractivity contribution in [2.75, 3.05) is 76.1 Å². The molecular formula is C49H55F3N8O6. The number of aliphatic hydroxyl groups excluding tert-OH is 1. The van der Waals surface area contributed by atoms with Crippen molar-refractivity contribution in [2.24, 2.45) is 0 Å². The number of methoxy groups -OCH3 is 1. The van der Waals surface area contributed by atoms with Crippen molar-refractivity contribution in [3.63, 3.8) is 0 Å². The monoisotopic (exact) mass is 908 g/mol. The van der Waals surface area contributed by atoms with E-state index in [0.717, 1.165) is 40.9 Å². The van der Waals surface area contributed by atoms with E-state index < -0.39 is 12.7 Å². The number of benzene rings is 4. The van der Waals surface area contributed by atoms with Gasteiger partial charge < -0.3 is 50.6 Å². The highest BCUT2D eigenvalue weighted by molar-refractivity contribution is 5.95. The molecule has 0 aliphatic carbocycles. The molecule has 7 rings (SSSR count). The van der Waals surface area contributed by atoms with E-state index in [1.54, 1.807) is 36.4 Å². The molecule has 1 aromatic heterocycles. The number of aromatic nitrogens is 1. The predicted octanol–water partition coefficient (Wildman–Crippen LogP) is 5.28. The number of likely N-dealkylation sites (N-methyl/N-ethyl adjacent to an activating group) is 1. The zero-order valence-electron chi connectivity index (χ0n) is 37.2. The van der Waals surface area contributed by atoms with E-state index in [0.29, 0.717) is 66.3 Å². The van der Waals surface area contributed by atoms with Crippen molar-refractivity contribution in [3.8, 4) is 23.3 Å². The van der Waals surface area contributed by atoms with E-state index in [1.807, 2.05) is 60.5 Å². The summed E-state index contributed by atoms with van der Waals surface area (Å²) in [7, 11) is 4.86. The Balaban J connectivity index is 0.884. The van der Waals surface area contributed by atoms with Crippen LogP contribution in [0.3, 0.4) is 0 Å². The summed E-state index contributed by atoms with van der Waals surface area (Å²) < 4.78 is 54.3. The first-order valence-electron chi connectivity index (χ1n) is 21.8. The van der Waals surface area contributed by atoms with Gasteiger partial charge in [0.1, 0.15) is 24.7 Å². The maximum absolute atomic E-state index is 13.9. The van der Waals surface area contributed by atoms with Crippen LogP contribution in [-0.2, 0) is 35.7 Å². The van der Waals surface area contributed by atoms with Crippen molar-refractivity contribution in [1.29, 1.82) is 0 Å². The number of nitrogens with one attached hydrogen (secondary N) is 5. The number of halogens is 3. The van der Waals surface area contributed by atoms with E-state index in [2.05, 4.69) is 43.3 Å². The van der Waals surface area contributed by atoms with Crippen LogP contribution in [-0.4, -0.2) is 111 Å². The first-order chi connectivity index (χ1) is 31.8. The van der Waals surface area contributed by atoms with Gasteiger partial charge in [-0.1, -0.05) is 42.3 Å². The second kappa shape index (κ2) is 21.4. The minimum absolute atomic E-state index is 0.0532. The van der Waals surface area contributed by atoms with Crippen molar-refractivity contribution in [1.82, 2.24) is 25.4 Å². The van der Waals surface area contributed by atoms with Crippen LogP contribution in [0.25, 0.3) is 10.9 Å². The summed E-state index contributed by atoms with van der Waals surface area (Å²) in [6.07, 6.45) is -2.47.